The molecule has 3 aliphatic rings. The highest BCUT2D eigenvalue weighted by Crippen LogP contribution is 2.36. The summed E-state index contributed by atoms with van der Waals surface area (Å²) in [5.41, 5.74) is 9.57. The highest BCUT2D eigenvalue weighted by atomic mass is 35.5. The second-order valence-electron chi connectivity index (χ2n) is 18.2. The van der Waals surface area contributed by atoms with Crippen molar-refractivity contribution in [3.05, 3.63) is 155 Å². The maximum absolute atomic E-state index is 7.02. The zero-order valence-corrected chi connectivity index (χ0v) is 41.3. The number of fused-ring (bicyclic) bond motifs is 3. The van der Waals surface area contributed by atoms with Gasteiger partial charge >= 0.3 is 0 Å². The molecule has 0 radical (unpaired) electrons. The molecule has 0 aliphatic carbocycles. The summed E-state index contributed by atoms with van der Waals surface area (Å²) >= 11 is 18.0. The fourth-order valence-electron chi connectivity index (χ4n) is 9.95. The van der Waals surface area contributed by atoms with Crippen molar-refractivity contribution >= 4 is 67.5 Å². The summed E-state index contributed by atoms with van der Waals surface area (Å²) in [6.07, 6.45) is 17.7. The largest absolute Gasteiger partial charge is 0.317 e. The summed E-state index contributed by atoms with van der Waals surface area (Å²) in [5.74, 6) is 0. The second kappa shape index (κ2) is 21.8. The van der Waals surface area contributed by atoms with Gasteiger partial charge in [-0.1, -0.05) is 71.2 Å². The van der Waals surface area contributed by atoms with Crippen molar-refractivity contribution < 1.29 is 0 Å². The quantitative estimate of drug-likeness (QED) is 0.156. The van der Waals surface area contributed by atoms with E-state index in [4.69, 9.17) is 56.7 Å². The Balaban J connectivity index is 0.000000122. The highest BCUT2D eigenvalue weighted by molar-refractivity contribution is 6.31. The Labute approximate surface area is 422 Å². The molecule has 16 heteroatoms. The summed E-state index contributed by atoms with van der Waals surface area (Å²) < 4.78 is 6.53. The van der Waals surface area contributed by atoms with Crippen LogP contribution in [0.4, 0.5) is 0 Å². The van der Waals surface area contributed by atoms with Crippen LogP contribution in [0.3, 0.4) is 0 Å². The molecule has 0 saturated carbocycles. The molecule has 6 aromatic heterocycles. The van der Waals surface area contributed by atoms with Crippen molar-refractivity contribution in [1.82, 2.24) is 59.4 Å². The minimum atomic E-state index is 0.355. The summed E-state index contributed by atoms with van der Waals surface area (Å²) in [6, 6.07) is 30.9. The predicted octanol–water partition coefficient (Wildman–Crippen LogP) is 12.0. The van der Waals surface area contributed by atoms with Gasteiger partial charge in [0.05, 0.1) is 34.7 Å². The Morgan fingerprint density at radius 1 is 0.500 bits per heavy atom. The number of piperidine rings is 3. The van der Waals surface area contributed by atoms with Crippen LogP contribution in [0.2, 0.25) is 15.1 Å². The Hall–Kier alpha value is -6.24. The smallest absolute Gasteiger partial charge is 0.270 e. The van der Waals surface area contributed by atoms with Gasteiger partial charge in [-0.25, -0.2) is 11.5 Å². The Bertz CT molecular complexity index is 3210. The van der Waals surface area contributed by atoms with E-state index in [9.17, 15) is 0 Å². The third-order valence-electron chi connectivity index (χ3n) is 13.7. The van der Waals surface area contributed by atoms with Crippen molar-refractivity contribution in [2.24, 2.45) is 0 Å². The maximum Gasteiger partial charge on any atom is 0.270 e. The van der Waals surface area contributed by atoms with Crippen LogP contribution < -0.4 is 5.32 Å². The first-order valence-electron chi connectivity index (χ1n) is 24.0. The molecule has 9 aromatic rings. The van der Waals surface area contributed by atoms with Gasteiger partial charge < -0.3 is 10.2 Å². The number of aromatic nitrogens is 9. The number of pyridine rings is 3. The molecule has 0 atom stereocenters. The number of nitrogens with one attached hydrogen (secondary N) is 1. The highest BCUT2D eigenvalue weighted by Gasteiger charge is 2.26. The molecular formula is C54H54Cl3N13. The number of rotatable bonds is 7. The topological polar surface area (TPSA) is 115 Å². The third-order valence-corrected chi connectivity index (χ3v) is 14.5. The molecule has 70 heavy (non-hydrogen) atoms. The van der Waals surface area contributed by atoms with E-state index >= 15 is 0 Å². The van der Waals surface area contributed by atoms with Crippen LogP contribution in [0.5, 0.6) is 0 Å². The lowest BCUT2D eigenvalue weighted by molar-refractivity contribution is 0.197. The van der Waals surface area contributed by atoms with Gasteiger partial charge in [0, 0.05) is 98.2 Å². The SMILES string of the molecule is CN1CCC(n2nc(-c3ccc(Cl)cc3)c3cnccc32)CC1.Clc1ccc(-c2nn(C3CCNCC3)c3ccncc23)cc1.[C-]#[N+]CN1CCC(n2nc(-c3ccc(Cl)cc3)c3cnccc32)CC1. The lowest BCUT2D eigenvalue weighted by Gasteiger charge is -2.29. The standard InChI is InChI=1S/C19H18ClN5.C18H19ClN4.C17H17ClN4/c1-21-13-24-10-7-16(8-11-24)25-18-6-9-22-12-17(18)19(23-25)14-2-4-15(20)5-3-14;1-22-10-7-15(8-11-22)23-17-6-9-20-12-16(17)18(21-23)13-2-4-14(19)5-3-13;18-13-3-1-12(2-4-13)17-15-11-20-10-7-16(15)22(21-17)14-5-8-19-9-6-14/h2-6,9,12,16H,7-8,10-11,13H2;2-6,9,12,15H,7-8,10-11H2,1H3;1-4,7,10-11,14,19H,5-6,8-9H2. The van der Waals surface area contributed by atoms with Gasteiger partial charge in [0.15, 0.2) is 0 Å². The summed E-state index contributed by atoms with van der Waals surface area (Å²) in [6.45, 7) is 13.7. The minimum Gasteiger partial charge on any atom is -0.317 e. The molecule has 1 N–H and O–H groups in total. The van der Waals surface area contributed by atoms with Crippen LogP contribution in [0, 0.1) is 6.57 Å². The fourth-order valence-corrected chi connectivity index (χ4v) is 10.3. The van der Waals surface area contributed by atoms with Crippen LogP contribution in [-0.4, -0.2) is 107 Å². The monoisotopic (exact) mass is 989 g/mol. The van der Waals surface area contributed by atoms with Crippen molar-refractivity contribution in [1.29, 1.82) is 0 Å². The van der Waals surface area contributed by atoms with Crippen molar-refractivity contribution in [2.45, 2.75) is 56.7 Å². The molecule has 9 heterocycles. The Morgan fingerprint density at radius 2 is 0.843 bits per heavy atom. The van der Waals surface area contributed by atoms with E-state index in [0.29, 0.717) is 24.8 Å². The molecule has 0 amide bonds. The van der Waals surface area contributed by atoms with Gasteiger partial charge in [0.25, 0.3) is 6.67 Å². The predicted molar refractivity (Wildman–Crippen MR) is 282 cm³/mol. The number of hydrogen-bond acceptors (Lipinski definition) is 9. The molecule has 13 nitrogen and oxygen atoms in total. The Morgan fingerprint density at radius 3 is 1.20 bits per heavy atom. The summed E-state index contributed by atoms with van der Waals surface area (Å²) in [4.78, 5) is 20.9. The molecule has 3 fully saturated rings. The fraction of sp³-hybridized carbons (Fsp3) is 0.315. The number of benzene rings is 3. The second-order valence-corrected chi connectivity index (χ2v) is 19.6. The molecule has 12 rings (SSSR count). The summed E-state index contributed by atoms with van der Waals surface area (Å²) in [7, 11) is 2.18. The zero-order valence-electron chi connectivity index (χ0n) is 39.0. The van der Waals surface area contributed by atoms with Gasteiger partial charge in [-0.2, -0.15) is 15.3 Å². The number of hydrogen-bond donors (Lipinski definition) is 1. The van der Waals surface area contributed by atoms with Crippen LogP contribution in [0.1, 0.15) is 56.7 Å². The van der Waals surface area contributed by atoms with Crippen LogP contribution >= 0.6 is 34.8 Å². The lowest BCUT2D eigenvalue weighted by Crippen LogP contribution is -2.34. The molecule has 3 saturated heterocycles. The van der Waals surface area contributed by atoms with Gasteiger partial charge in [-0.3, -0.25) is 33.8 Å². The number of likely N-dealkylation sites (tertiary alicyclic amines) is 2. The molecule has 0 unspecified atom stereocenters. The van der Waals surface area contributed by atoms with Gasteiger partial charge in [-0.05, 0) is 126 Å². The van der Waals surface area contributed by atoms with E-state index in [1.54, 1.807) is 0 Å². The summed E-state index contributed by atoms with van der Waals surface area (Å²) in [5, 5.41) is 23.7. The molecule has 356 valence electrons. The van der Waals surface area contributed by atoms with E-state index in [1.165, 1.54) is 5.52 Å². The molecular weight excluding hydrogens is 937 g/mol. The third kappa shape index (κ3) is 10.4. The van der Waals surface area contributed by atoms with Crippen molar-refractivity contribution in [3.63, 3.8) is 0 Å². The Kier molecular flexibility index (Phi) is 14.8. The lowest BCUT2D eigenvalue weighted by atomic mass is 10.1. The zero-order chi connectivity index (χ0) is 48.0. The first kappa shape index (κ1) is 47.4. The van der Waals surface area contributed by atoms with Crippen LogP contribution in [0.25, 0.3) is 71.3 Å². The van der Waals surface area contributed by atoms with Crippen LogP contribution in [0.15, 0.2) is 128 Å². The van der Waals surface area contributed by atoms with Gasteiger partial charge in [0.1, 0.15) is 17.1 Å². The molecule has 3 aliphatic heterocycles. The number of halogens is 3. The average molecular weight is 991 g/mol. The minimum absolute atomic E-state index is 0.355. The molecule has 0 spiro atoms. The van der Waals surface area contributed by atoms with Gasteiger partial charge in [0.2, 0.25) is 0 Å². The van der Waals surface area contributed by atoms with E-state index in [0.717, 1.165) is 154 Å². The van der Waals surface area contributed by atoms with E-state index in [-0.39, 0.29) is 0 Å². The van der Waals surface area contributed by atoms with Gasteiger partial charge in [-0.15, -0.1) is 0 Å². The van der Waals surface area contributed by atoms with E-state index in [2.05, 4.69) is 68.1 Å². The van der Waals surface area contributed by atoms with Crippen LogP contribution in [-0.2, 0) is 0 Å². The van der Waals surface area contributed by atoms with Crippen molar-refractivity contribution in [3.8, 4) is 33.8 Å². The normalized spacial score (nSPS) is 16.4. The van der Waals surface area contributed by atoms with Crippen molar-refractivity contribution in [2.75, 3.05) is 53.0 Å². The number of nitrogens with zero attached hydrogens (tertiary/aromatic N) is 12. The van der Waals surface area contributed by atoms with E-state index < -0.39 is 0 Å². The molecule has 3 aromatic carbocycles. The molecule has 0 bridgehead atoms. The first-order chi connectivity index (χ1) is 34.3. The average Bonchev–Trinajstić information content (AvgIpc) is 4.11. The van der Waals surface area contributed by atoms with E-state index in [1.807, 2.05) is 116 Å². The first-order valence-corrected chi connectivity index (χ1v) is 25.1. The maximum atomic E-state index is 7.02.